The Labute approximate surface area is 196 Å². The maximum atomic E-state index is 12.8. The molecule has 0 atom stereocenters. The van der Waals surface area contributed by atoms with Gasteiger partial charge in [-0.05, 0) is 53.9 Å². The van der Waals surface area contributed by atoms with E-state index in [1.807, 2.05) is 36.4 Å². The summed E-state index contributed by atoms with van der Waals surface area (Å²) in [7, 11) is -3.51. The van der Waals surface area contributed by atoms with E-state index in [4.69, 9.17) is 16.3 Å². The molecule has 0 radical (unpaired) electrons. The standard InChI is InChI=1S/C23H23ClN2O4S2/c24-20-7-1-17(2-8-20)11-12-25-23(27)19-5-3-18(4-6-19)21-9-10-22(31-21)32(28,29)26-13-15-30-16-14-26/h1-10H,11-16H2,(H,25,27). The second kappa shape index (κ2) is 10.1. The Kier molecular flexibility index (Phi) is 7.27. The van der Waals surface area contributed by atoms with Crippen LogP contribution in [0.25, 0.3) is 10.4 Å². The van der Waals surface area contributed by atoms with Gasteiger partial charge in [0.1, 0.15) is 4.21 Å². The fraction of sp³-hybridized carbons (Fsp3) is 0.261. The van der Waals surface area contributed by atoms with Crippen LogP contribution in [0.2, 0.25) is 5.02 Å². The number of hydrogen-bond acceptors (Lipinski definition) is 5. The molecule has 1 saturated heterocycles. The first kappa shape index (κ1) is 22.9. The van der Waals surface area contributed by atoms with Crippen LogP contribution in [-0.2, 0) is 21.2 Å². The van der Waals surface area contributed by atoms with E-state index in [0.717, 1.165) is 22.4 Å². The largest absolute Gasteiger partial charge is 0.379 e. The van der Waals surface area contributed by atoms with Crippen molar-refractivity contribution in [2.45, 2.75) is 10.6 Å². The van der Waals surface area contributed by atoms with Crippen molar-refractivity contribution in [1.82, 2.24) is 9.62 Å². The highest BCUT2D eigenvalue weighted by Gasteiger charge is 2.27. The minimum absolute atomic E-state index is 0.146. The molecular weight excluding hydrogens is 468 g/mol. The number of morpholine rings is 1. The minimum Gasteiger partial charge on any atom is -0.379 e. The molecule has 1 amide bonds. The molecule has 0 saturated carbocycles. The summed E-state index contributed by atoms with van der Waals surface area (Å²) in [5, 5.41) is 3.61. The van der Waals surface area contributed by atoms with Gasteiger partial charge in [0.15, 0.2) is 0 Å². The Morgan fingerprint density at radius 2 is 1.69 bits per heavy atom. The maximum Gasteiger partial charge on any atom is 0.252 e. The minimum atomic E-state index is -3.51. The van der Waals surface area contributed by atoms with Crippen molar-refractivity contribution in [3.8, 4) is 10.4 Å². The number of carbonyl (C=O) groups excluding carboxylic acids is 1. The lowest BCUT2D eigenvalue weighted by Crippen LogP contribution is -2.40. The maximum absolute atomic E-state index is 12.8. The lowest BCUT2D eigenvalue weighted by Gasteiger charge is -2.25. The van der Waals surface area contributed by atoms with Crippen LogP contribution in [0.1, 0.15) is 15.9 Å². The Bertz CT molecular complexity index is 1170. The van der Waals surface area contributed by atoms with Crippen LogP contribution < -0.4 is 5.32 Å². The number of benzene rings is 2. The molecule has 1 fully saturated rings. The first-order chi connectivity index (χ1) is 15.4. The van der Waals surface area contributed by atoms with Gasteiger partial charge in [0.05, 0.1) is 13.2 Å². The van der Waals surface area contributed by atoms with Crippen LogP contribution in [-0.4, -0.2) is 51.5 Å². The second-order valence-corrected chi connectivity index (χ2v) is 11.0. The number of thiophene rings is 1. The first-order valence-electron chi connectivity index (χ1n) is 10.2. The van der Waals surface area contributed by atoms with Crippen LogP contribution >= 0.6 is 22.9 Å². The molecule has 3 aromatic rings. The zero-order valence-electron chi connectivity index (χ0n) is 17.3. The van der Waals surface area contributed by atoms with Gasteiger partial charge in [-0.2, -0.15) is 4.31 Å². The van der Waals surface area contributed by atoms with Crippen LogP contribution in [0.4, 0.5) is 0 Å². The van der Waals surface area contributed by atoms with Gasteiger partial charge in [-0.25, -0.2) is 8.42 Å². The number of halogens is 1. The topological polar surface area (TPSA) is 75.7 Å². The molecule has 2 aromatic carbocycles. The second-order valence-electron chi connectivity index (χ2n) is 7.34. The Hall–Kier alpha value is -2.23. The highest BCUT2D eigenvalue weighted by Crippen LogP contribution is 2.32. The third-order valence-corrected chi connectivity index (χ3v) is 8.94. The summed E-state index contributed by atoms with van der Waals surface area (Å²) in [5.74, 6) is -0.146. The van der Waals surface area contributed by atoms with E-state index >= 15 is 0 Å². The number of rotatable bonds is 7. The van der Waals surface area contributed by atoms with E-state index in [1.165, 1.54) is 15.6 Å². The van der Waals surface area contributed by atoms with Crippen molar-refractivity contribution in [3.05, 3.63) is 76.8 Å². The molecule has 6 nitrogen and oxygen atoms in total. The molecule has 2 heterocycles. The highest BCUT2D eigenvalue weighted by molar-refractivity contribution is 7.91. The fourth-order valence-corrected chi connectivity index (χ4v) is 6.39. The van der Waals surface area contributed by atoms with E-state index in [0.29, 0.717) is 47.6 Å². The number of ether oxygens (including phenoxy) is 1. The Morgan fingerprint density at radius 3 is 2.38 bits per heavy atom. The van der Waals surface area contributed by atoms with Gasteiger partial charge in [-0.15, -0.1) is 11.3 Å². The normalized spacial score (nSPS) is 14.9. The SMILES string of the molecule is O=C(NCCc1ccc(Cl)cc1)c1ccc(-c2ccc(S(=O)(=O)N3CCOCC3)s2)cc1. The number of amides is 1. The molecule has 1 N–H and O–H groups in total. The van der Waals surface area contributed by atoms with Gasteiger partial charge in [0.2, 0.25) is 0 Å². The summed E-state index contributed by atoms with van der Waals surface area (Å²) in [6.45, 7) is 2.10. The van der Waals surface area contributed by atoms with Crippen molar-refractivity contribution < 1.29 is 17.9 Å². The molecule has 0 aliphatic carbocycles. The summed E-state index contributed by atoms with van der Waals surface area (Å²) in [5.41, 5.74) is 2.53. The van der Waals surface area contributed by atoms with Crippen LogP contribution in [0.15, 0.2) is 64.9 Å². The average Bonchev–Trinajstić information content (AvgIpc) is 3.32. The molecule has 4 rings (SSSR count). The van der Waals surface area contributed by atoms with E-state index in [9.17, 15) is 13.2 Å². The molecule has 0 unspecified atom stereocenters. The summed E-state index contributed by atoms with van der Waals surface area (Å²) in [6, 6.07) is 18.2. The van der Waals surface area contributed by atoms with Crippen molar-refractivity contribution in [1.29, 1.82) is 0 Å². The van der Waals surface area contributed by atoms with Crippen LogP contribution in [0, 0.1) is 0 Å². The van der Waals surface area contributed by atoms with E-state index in [-0.39, 0.29) is 5.91 Å². The lowest BCUT2D eigenvalue weighted by molar-refractivity contribution is 0.0731. The molecular formula is C23H23ClN2O4S2. The highest BCUT2D eigenvalue weighted by atomic mass is 35.5. The Balaban J connectivity index is 1.37. The van der Waals surface area contributed by atoms with Gasteiger partial charge in [-0.3, -0.25) is 4.79 Å². The van der Waals surface area contributed by atoms with E-state index in [2.05, 4.69) is 5.32 Å². The van der Waals surface area contributed by atoms with Crippen molar-refractivity contribution >= 4 is 38.9 Å². The molecule has 168 valence electrons. The number of sulfonamides is 1. The number of nitrogens with one attached hydrogen (secondary N) is 1. The molecule has 32 heavy (non-hydrogen) atoms. The third-order valence-electron chi connectivity index (χ3n) is 5.19. The zero-order valence-corrected chi connectivity index (χ0v) is 19.7. The first-order valence-corrected chi connectivity index (χ1v) is 12.9. The molecule has 0 spiro atoms. The predicted octanol–water partition coefficient (Wildman–Crippen LogP) is 4.06. The molecule has 1 aromatic heterocycles. The summed E-state index contributed by atoms with van der Waals surface area (Å²) in [4.78, 5) is 13.3. The van der Waals surface area contributed by atoms with Gasteiger partial charge in [0, 0.05) is 35.1 Å². The molecule has 9 heteroatoms. The monoisotopic (exact) mass is 490 g/mol. The van der Waals surface area contributed by atoms with Crippen molar-refractivity contribution in [2.24, 2.45) is 0 Å². The molecule has 0 bridgehead atoms. The van der Waals surface area contributed by atoms with Gasteiger partial charge < -0.3 is 10.1 Å². The predicted molar refractivity (Wildman–Crippen MR) is 127 cm³/mol. The molecule has 1 aliphatic heterocycles. The third kappa shape index (κ3) is 5.39. The smallest absolute Gasteiger partial charge is 0.252 e. The number of hydrogen-bond donors (Lipinski definition) is 1. The number of nitrogens with zero attached hydrogens (tertiary/aromatic N) is 1. The summed E-state index contributed by atoms with van der Waals surface area (Å²) in [6.07, 6.45) is 0.719. The summed E-state index contributed by atoms with van der Waals surface area (Å²) < 4.78 is 32.7. The van der Waals surface area contributed by atoms with E-state index in [1.54, 1.807) is 24.3 Å². The van der Waals surface area contributed by atoms with Gasteiger partial charge in [-0.1, -0.05) is 35.9 Å². The summed E-state index contributed by atoms with van der Waals surface area (Å²) >= 11 is 7.12. The van der Waals surface area contributed by atoms with Crippen LogP contribution in [0.5, 0.6) is 0 Å². The van der Waals surface area contributed by atoms with Crippen LogP contribution in [0.3, 0.4) is 0 Å². The fourth-order valence-electron chi connectivity index (χ4n) is 3.39. The quantitative estimate of drug-likeness (QED) is 0.542. The molecule has 1 aliphatic rings. The lowest BCUT2D eigenvalue weighted by atomic mass is 10.1. The number of carbonyl (C=O) groups is 1. The van der Waals surface area contributed by atoms with Gasteiger partial charge in [0.25, 0.3) is 15.9 Å². The van der Waals surface area contributed by atoms with E-state index < -0.39 is 10.0 Å². The average molecular weight is 491 g/mol. The van der Waals surface area contributed by atoms with Crippen molar-refractivity contribution in [3.63, 3.8) is 0 Å². The van der Waals surface area contributed by atoms with Gasteiger partial charge >= 0.3 is 0 Å². The van der Waals surface area contributed by atoms with Crippen molar-refractivity contribution in [2.75, 3.05) is 32.8 Å². The Morgan fingerprint density at radius 1 is 1.00 bits per heavy atom. The zero-order chi connectivity index (χ0) is 22.6.